The van der Waals surface area contributed by atoms with Crippen molar-refractivity contribution >= 4 is 45.3 Å². The van der Waals surface area contributed by atoms with E-state index in [9.17, 15) is 32.0 Å². The fraction of sp³-hybridized carbons (Fsp3) is 0.345. The third kappa shape index (κ3) is 9.96. The van der Waals surface area contributed by atoms with Crippen molar-refractivity contribution < 1.29 is 59.4 Å². The molecule has 1 aromatic heterocycles. The number of hydrogen-bond donors (Lipinski definition) is 0. The van der Waals surface area contributed by atoms with E-state index in [1.165, 1.54) is 37.4 Å². The molecule has 0 unspecified atom stereocenters. The quantitative estimate of drug-likeness (QED) is 0.0905. The molecule has 0 N–H and O–H groups in total. The molecule has 0 bridgehead atoms. The van der Waals surface area contributed by atoms with Crippen molar-refractivity contribution in [3.8, 4) is 23.0 Å². The van der Waals surface area contributed by atoms with Gasteiger partial charge in [0.25, 0.3) is 0 Å². The van der Waals surface area contributed by atoms with Gasteiger partial charge in [0.15, 0.2) is 30.5 Å². The highest BCUT2D eigenvalue weighted by atomic mass is 35.5. The molecule has 0 saturated heterocycles. The van der Waals surface area contributed by atoms with Crippen molar-refractivity contribution in [1.82, 2.24) is 0 Å². The topological polar surface area (TPSA) is 151 Å². The smallest absolute Gasteiger partial charge is 0.387 e. The molecule has 0 radical (unpaired) electrons. The van der Waals surface area contributed by atoms with E-state index in [1.54, 1.807) is 0 Å². The first-order valence-corrected chi connectivity index (χ1v) is 16.0. The molecule has 0 amide bonds. The van der Waals surface area contributed by atoms with Gasteiger partial charge in [-0.25, -0.2) is 9.59 Å². The second kappa shape index (κ2) is 15.0. The van der Waals surface area contributed by atoms with Crippen LogP contribution in [0.4, 0.5) is 8.78 Å². The Morgan fingerprint density at radius 2 is 1.74 bits per heavy atom. The second-order valence-electron chi connectivity index (χ2n) is 10.0. The maximum atomic E-state index is 13.1. The van der Waals surface area contributed by atoms with Gasteiger partial charge in [0, 0.05) is 18.1 Å². The van der Waals surface area contributed by atoms with Gasteiger partial charge in [-0.15, -0.1) is 0 Å². The van der Waals surface area contributed by atoms with Crippen LogP contribution < -0.4 is 23.1 Å². The van der Waals surface area contributed by atoms with E-state index in [1.807, 2.05) is 0 Å². The summed E-state index contributed by atoms with van der Waals surface area (Å²) in [6.07, 6.45) is 3.44. The van der Waals surface area contributed by atoms with Crippen LogP contribution in [0.5, 0.6) is 23.0 Å². The Labute approximate surface area is 272 Å². The van der Waals surface area contributed by atoms with Crippen LogP contribution in [0, 0.1) is 11.1 Å². The summed E-state index contributed by atoms with van der Waals surface area (Å²) in [5, 5.41) is 11.7. The van der Waals surface area contributed by atoms with Crippen LogP contribution in [0.25, 0.3) is 0 Å². The van der Waals surface area contributed by atoms with E-state index >= 15 is 0 Å². The number of carbonyl (C=O) groups excluding carboxylic acids is 2. The highest BCUT2D eigenvalue weighted by Gasteiger charge is 2.27. The van der Waals surface area contributed by atoms with Crippen molar-refractivity contribution in [1.29, 1.82) is 0 Å². The molecule has 1 aliphatic rings. The average Bonchev–Trinajstić information content (AvgIpc) is 3.80. The molecule has 0 aliphatic heterocycles. The predicted molar refractivity (Wildman–Crippen MR) is 158 cm³/mol. The van der Waals surface area contributed by atoms with Gasteiger partial charge in [-0.1, -0.05) is 29.3 Å². The minimum Gasteiger partial charge on any atom is -0.619 e. The first-order valence-electron chi connectivity index (χ1n) is 13.4. The third-order valence-electron chi connectivity index (χ3n) is 6.41. The molecule has 17 heteroatoms. The number of hydrogen-bond acceptors (Lipinski definition) is 11. The normalized spacial score (nSPS) is 13.5. The van der Waals surface area contributed by atoms with Crippen molar-refractivity contribution in [3.05, 3.63) is 80.7 Å². The Morgan fingerprint density at radius 1 is 1.04 bits per heavy atom. The Balaban J connectivity index is 1.56. The number of benzene rings is 2. The first kappa shape index (κ1) is 34.8. The maximum Gasteiger partial charge on any atom is 0.387 e. The lowest BCUT2D eigenvalue weighted by Gasteiger charge is -2.21. The van der Waals surface area contributed by atoms with Gasteiger partial charge in [0.2, 0.25) is 0 Å². The SMILES string of the molecule is COc1cc(OS(C)(=O)=O)ccc1C(=O)OCC(=O)O[C@@H](Cc1c(Cl)c[n+]([O-])cc1Cl)c1ccc(OC(F)F)c(OCC2CC2)c1. The molecular weight excluding hydrogens is 679 g/mol. The highest BCUT2D eigenvalue weighted by Crippen LogP contribution is 2.38. The van der Waals surface area contributed by atoms with Crippen LogP contribution in [-0.4, -0.2) is 53.5 Å². The lowest BCUT2D eigenvalue weighted by molar-refractivity contribution is -0.605. The number of methoxy groups -OCH3 is 1. The van der Waals surface area contributed by atoms with Gasteiger partial charge in [-0.3, -0.25) is 0 Å². The monoisotopic (exact) mass is 705 g/mol. The molecule has 1 fully saturated rings. The summed E-state index contributed by atoms with van der Waals surface area (Å²) in [4.78, 5) is 25.7. The molecule has 46 heavy (non-hydrogen) atoms. The number of rotatable bonds is 15. The Hall–Kier alpha value is -4.08. The van der Waals surface area contributed by atoms with Crippen LogP contribution >= 0.6 is 23.2 Å². The van der Waals surface area contributed by atoms with Crippen molar-refractivity contribution in [2.45, 2.75) is 32.0 Å². The number of halogens is 4. The lowest BCUT2D eigenvalue weighted by atomic mass is 10.0. The van der Waals surface area contributed by atoms with Crippen LogP contribution in [0.2, 0.25) is 10.0 Å². The Kier molecular flexibility index (Phi) is 11.3. The summed E-state index contributed by atoms with van der Waals surface area (Å²) in [6.45, 7) is -3.75. The molecule has 0 spiro atoms. The molecule has 1 atom stereocenters. The zero-order valence-electron chi connectivity index (χ0n) is 24.2. The molecule has 1 saturated carbocycles. The minimum absolute atomic E-state index is 0.0183. The highest BCUT2D eigenvalue weighted by molar-refractivity contribution is 7.86. The number of alkyl halides is 2. The number of esters is 2. The summed E-state index contributed by atoms with van der Waals surface area (Å²) in [6, 6.07) is 7.49. The molecule has 3 aromatic rings. The number of pyridine rings is 1. The van der Waals surface area contributed by atoms with Crippen molar-refractivity contribution in [2.24, 2.45) is 5.92 Å². The van der Waals surface area contributed by atoms with E-state index in [-0.39, 0.29) is 68.7 Å². The molecule has 1 aliphatic carbocycles. The number of nitrogens with zero attached hydrogens (tertiary/aromatic N) is 1. The largest absolute Gasteiger partial charge is 0.619 e. The second-order valence-corrected chi connectivity index (χ2v) is 12.4. The molecule has 2 aromatic carbocycles. The number of ether oxygens (including phenoxy) is 5. The molecule has 1 heterocycles. The van der Waals surface area contributed by atoms with E-state index < -0.39 is 41.4 Å². The fourth-order valence-corrected chi connectivity index (χ4v) is 5.18. The van der Waals surface area contributed by atoms with Crippen LogP contribution in [-0.2, 0) is 30.8 Å². The summed E-state index contributed by atoms with van der Waals surface area (Å²) in [5.74, 6) is -2.22. The predicted octanol–water partition coefficient (Wildman–Crippen LogP) is 5.05. The van der Waals surface area contributed by atoms with Gasteiger partial charge in [-0.2, -0.15) is 21.9 Å². The van der Waals surface area contributed by atoms with Gasteiger partial charge in [0.05, 0.1) is 20.0 Å². The molecule has 12 nitrogen and oxygen atoms in total. The lowest BCUT2D eigenvalue weighted by Crippen LogP contribution is -2.26. The summed E-state index contributed by atoms with van der Waals surface area (Å²) in [5.41, 5.74) is 0.356. The number of aromatic nitrogens is 1. The molecular formula is C29H27Cl2F2NO11S. The fourth-order valence-electron chi connectivity index (χ4n) is 4.12. The number of carbonyl (C=O) groups is 2. The average molecular weight is 707 g/mol. The Bertz CT molecular complexity index is 1680. The van der Waals surface area contributed by atoms with Crippen molar-refractivity contribution in [3.63, 3.8) is 0 Å². The first-order chi connectivity index (χ1) is 21.7. The van der Waals surface area contributed by atoms with E-state index in [0.717, 1.165) is 37.6 Å². The van der Waals surface area contributed by atoms with E-state index in [2.05, 4.69) is 4.74 Å². The van der Waals surface area contributed by atoms with Gasteiger partial charge in [-0.05, 0) is 48.6 Å². The minimum atomic E-state index is -3.85. The summed E-state index contributed by atoms with van der Waals surface area (Å²) in [7, 11) is -2.63. The van der Waals surface area contributed by atoms with Crippen LogP contribution in [0.1, 0.15) is 40.4 Å². The summed E-state index contributed by atoms with van der Waals surface area (Å²) < 4.78 is 80.3. The van der Waals surface area contributed by atoms with Crippen molar-refractivity contribution in [2.75, 3.05) is 26.6 Å². The molecule has 4 rings (SSSR count). The van der Waals surface area contributed by atoms with Crippen LogP contribution in [0.15, 0.2) is 48.8 Å². The van der Waals surface area contributed by atoms with E-state index in [4.69, 9.17) is 46.3 Å². The zero-order chi connectivity index (χ0) is 33.6. The Morgan fingerprint density at radius 3 is 2.35 bits per heavy atom. The third-order valence-corrected chi connectivity index (χ3v) is 7.56. The standard InChI is InChI=1S/C29H27Cl2F2NO11S/c1-40-25-10-18(45-46(2,38)39)6-7-19(25)28(36)42-15-27(35)43-24(11-20-21(30)12-34(37)13-22(20)31)17-5-8-23(44-29(32)33)26(9-17)41-14-16-3-4-16/h5-10,12-13,16,24,29H,3-4,11,14-15H2,1-2H3/t24-/m0/s1. The molecule has 248 valence electrons. The van der Waals surface area contributed by atoms with E-state index in [0.29, 0.717) is 4.73 Å². The zero-order valence-corrected chi connectivity index (χ0v) is 26.6. The summed E-state index contributed by atoms with van der Waals surface area (Å²) >= 11 is 12.5. The van der Waals surface area contributed by atoms with Gasteiger partial charge >= 0.3 is 28.7 Å². The maximum absolute atomic E-state index is 13.1. The van der Waals surface area contributed by atoms with Crippen LogP contribution in [0.3, 0.4) is 0 Å². The van der Waals surface area contributed by atoms with Gasteiger partial charge in [0.1, 0.15) is 33.2 Å². The van der Waals surface area contributed by atoms with Gasteiger partial charge < -0.3 is 33.1 Å².